The van der Waals surface area contributed by atoms with Gasteiger partial charge in [-0.05, 0) is 37.4 Å². The second-order valence-electron chi connectivity index (χ2n) is 6.22. The number of fused-ring (bicyclic) bond motifs is 1. The molecule has 4 aromatic rings. The lowest BCUT2D eigenvalue weighted by molar-refractivity contribution is 0.253. The number of benzene rings is 2. The van der Waals surface area contributed by atoms with Gasteiger partial charge >= 0.3 is 0 Å². The second-order valence-corrected chi connectivity index (χ2v) is 6.66. The standard InChI is InChI=1S/C19H18ClN5O2/c1-25(10-17-21-15-8-7-13(20)9-16(15)22-17)11-19-23-18(24-27-19)12-26-14-5-3-2-4-6-14/h2-9H,10-12H2,1H3,(H,21,22). The molecule has 0 bridgehead atoms. The fourth-order valence-corrected chi connectivity index (χ4v) is 2.90. The maximum atomic E-state index is 6.01. The fourth-order valence-electron chi connectivity index (χ4n) is 2.73. The van der Waals surface area contributed by atoms with E-state index in [2.05, 4.69) is 20.1 Å². The van der Waals surface area contributed by atoms with Gasteiger partial charge in [-0.2, -0.15) is 4.98 Å². The molecular formula is C19H18ClN5O2. The molecule has 0 saturated heterocycles. The molecule has 0 aliphatic carbocycles. The van der Waals surface area contributed by atoms with Crippen LogP contribution in [0.1, 0.15) is 17.5 Å². The van der Waals surface area contributed by atoms with E-state index in [1.165, 1.54) is 0 Å². The first-order chi connectivity index (χ1) is 13.2. The van der Waals surface area contributed by atoms with Crippen LogP contribution >= 0.6 is 11.6 Å². The zero-order chi connectivity index (χ0) is 18.6. The normalized spacial score (nSPS) is 11.4. The molecule has 0 spiro atoms. The van der Waals surface area contributed by atoms with E-state index in [-0.39, 0.29) is 6.61 Å². The minimum absolute atomic E-state index is 0.265. The van der Waals surface area contributed by atoms with Crippen molar-refractivity contribution in [3.63, 3.8) is 0 Å². The topological polar surface area (TPSA) is 80.1 Å². The van der Waals surface area contributed by atoms with Crippen molar-refractivity contribution in [2.24, 2.45) is 0 Å². The molecule has 7 nitrogen and oxygen atoms in total. The molecule has 0 amide bonds. The Morgan fingerprint density at radius 3 is 2.81 bits per heavy atom. The summed E-state index contributed by atoms with van der Waals surface area (Å²) in [6, 6.07) is 15.1. The zero-order valence-corrected chi connectivity index (χ0v) is 15.5. The molecule has 8 heteroatoms. The van der Waals surface area contributed by atoms with Crippen LogP contribution in [0.5, 0.6) is 5.75 Å². The number of para-hydroxylation sites is 1. The lowest BCUT2D eigenvalue weighted by Gasteiger charge is -2.11. The van der Waals surface area contributed by atoms with E-state index in [1.54, 1.807) is 0 Å². The lowest BCUT2D eigenvalue weighted by Crippen LogP contribution is -2.18. The van der Waals surface area contributed by atoms with Gasteiger partial charge in [0.05, 0.1) is 24.1 Å². The molecule has 0 saturated carbocycles. The van der Waals surface area contributed by atoms with Gasteiger partial charge in [-0.3, -0.25) is 4.90 Å². The predicted octanol–water partition coefficient (Wildman–Crippen LogP) is 3.81. The SMILES string of the molecule is CN(Cc1nc2ccc(Cl)cc2[nH]1)Cc1nc(COc2ccccc2)no1. The highest BCUT2D eigenvalue weighted by atomic mass is 35.5. The highest BCUT2D eigenvalue weighted by molar-refractivity contribution is 6.31. The monoisotopic (exact) mass is 383 g/mol. The van der Waals surface area contributed by atoms with Gasteiger partial charge in [-0.25, -0.2) is 4.98 Å². The number of nitrogens with one attached hydrogen (secondary N) is 1. The molecule has 0 aliphatic rings. The summed E-state index contributed by atoms with van der Waals surface area (Å²) < 4.78 is 10.9. The van der Waals surface area contributed by atoms with Crippen molar-refractivity contribution in [3.8, 4) is 5.75 Å². The van der Waals surface area contributed by atoms with E-state index >= 15 is 0 Å². The van der Waals surface area contributed by atoms with Gasteiger partial charge < -0.3 is 14.2 Å². The van der Waals surface area contributed by atoms with E-state index in [1.807, 2.05) is 60.5 Å². The minimum atomic E-state index is 0.265. The third-order valence-electron chi connectivity index (χ3n) is 3.94. The molecule has 0 radical (unpaired) electrons. The molecule has 2 aromatic carbocycles. The first-order valence-electron chi connectivity index (χ1n) is 8.48. The van der Waals surface area contributed by atoms with Crippen LogP contribution in [0, 0.1) is 0 Å². The molecule has 27 heavy (non-hydrogen) atoms. The summed E-state index contributed by atoms with van der Waals surface area (Å²) in [5, 5.41) is 4.64. The Bertz CT molecular complexity index is 1030. The van der Waals surface area contributed by atoms with Crippen LogP contribution in [0.2, 0.25) is 5.02 Å². The molecule has 2 heterocycles. The zero-order valence-electron chi connectivity index (χ0n) is 14.7. The summed E-state index contributed by atoms with van der Waals surface area (Å²) in [5.41, 5.74) is 1.81. The highest BCUT2D eigenvalue weighted by Crippen LogP contribution is 2.18. The van der Waals surface area contributed by atoms with Crippen molar-refractivity contribution in [2.75, 3.05) is 7.05 Å². The van der Waals surface area contributed by atoms with Crippen molar-refractivity contribution < 1.29 is 9.26 Å². The second kappa shape index (κ2) is 7.77. The summed E-state index contributed by atoms with van der Waals surface area (Å²) in [5.74, 6) is 2.66. The molecule has 0 unspecified atom stereocenters. The van der Waals surface area contributed by atoms with Crippen LogP contribution in [0.3, 0.4) is 0 Å². The number of rotatable bonds is 7. The Labute approximate surface area is 160 Å². The number of H-pyrrole nitrogens is 1. The molecule has 1 N–H and O–H groups in total. The first kappa shape index (κ1) is 17.5. The molecular weight excluding hydrogens is 366 g/mol. The number of aromatic nitrogens is 4. The van der Waals surface area contributed by atoms with Gasteiger partial charge in [0.2, 0.25) is 11.7 Å². The maximum absolute atomic E-state index is 6.01. The summed E-state index contributed by atoms with van der Waals surface area (Å²) in [7, 11) is 1.96. The number of hydrogen-bond acceptors (Lipinski definition) is 6. The quantitative estimate of drug-likeness (QED) is 0.522. The van der Waals surface area contributed by atoms with Crippen molar-refractivity contribution in [3.05, 3.63) is 71.1 Å². The van der Waals surface area contributed by atoms with Gasteiger partial charge in [0.1, 0.15) is 11.6 Å². The Hall–Kier alpha value is -2.90. The number of ether oxygens (including phenoxy) is 1. The first-order valence-corrected chi connectivity index (χ1v) is 8.85. The van der Waals surface area contributed by atoms with E-state index in [9.17, 15) is 0 Å². The average molecular weight is 384 g/mol. The third kappa shape index (κ3) is 4.45. The van der Waals surface area contributed by atoms with Crippen LogP contribution in [-0.4, -0.2) is 32.1 Å². The lowest BCUT2D eigenvalue weighted by atomic mass is 10.3. The van der Waals surface area contributed by atoms with Crippen LogP contribution < -0.4 is 4.74 Å². The van der Waals surface area contributed by atoms with Crippen molar-refractivity contribution in [1.29, 1.82) is 0 Å². The molecule has 4 rings (SSSR count). The Kier molecular flexibility index (Phi) is 5.04. The Morgan fingerprint density at radius 1 is 1.11 bits per heavy atom. The average Bonchev–Trinajstić information content (AvgIpc) is 3.26. The van der Waals surface area contributed by atoms with Crippen molar-refractivity contribution >= 4 is 22.6 Å². The Morgan fingerprint density at radius 2 is 1.96 bits per heavy atom. The van der Waals surface area contributed by atoms with E-state index in [0.29, 0.717) is 29.8 Å². The minimum Gasteiger partial charge on any atom is -0.485 e. The predicted molar refractivity (Wildman–Crippen MR) is 101 cm³/mol. The van der Waals surface area contributed by atoms with Crippen molar-refractivity contribution in [1.82, 2.24) is 25.0 Å². The maximum Gasteiger partial charge on any atom is 0.240 e. The molecule has 2 aromatic heterocycles. The Balaban J connectivity index is 1.33. The molecule has 0 aliphatic heterocycles. The highest BCUT2D eigenvalue weighted by Gasteiger charge is 2.12. The number of aromatic amines is 1. The van der Waals surface area contributed by atoms with Crippen LogP contribution in [0.4, 0.5) is 0 Å². The summed E-state index contributed by atoms with van der Waals surface area (Å²) >= 11 is 6.01. The summed E-state index contributed by atoms with van der Waals surface area (Å²) in [6.45, 7) is 1.39. The number of hydrogen-bond donors (Lipinski definition) is 1. The van der Waals surface area contributed by atoms with Gasteiger partial charge in [-0.15, -0.1) is 0 Å². The van der Waals surface area contributed by atoms with E-state index in [4.69, 9.17) is 20.9 Å². The number of nitrogens with zero attached hydrogens (tertiary/aromatic N) is 4. The van der Waals surface area contributed by atoms with Crippen LogP contribution in [0.25, 0.3) is 11.0 Å². The summed E-state index contributed by atoms with van der Waals surface area (Å²) in [6.07, 6.45) is 0. The number of halogens is 1. The number of imidazole rings is 1. The largest absolute Gasteiger partial charge is 0.485 e. The third-order valence-corrected chi connectivity index (χ3v) is 4.17. The van der Waals surface area contributed by atoms with E-state index in [0.717, 1.165) is 22.6 Å². The van der Waals surface area contributed by atoms with Crippen LogP contribution in [-0.2, 0) is 19.7 Å². The molecule has 138 valence electrons. The van der Waals surface area contributed by atoms with Crippen LogP contribution in [0.15, 0.2) is 53.1 Å². The fraction of sp³-hybridized carbons (Fsp3) is 0.211. The van der Waals surface area contributed by atoms with Gasteiger partial charge in [-0.1, -0.05) is 35.0 Å². The van der Waals surface area contributed by atoms with Gasteiger partial charge in [0.15, 0.2) is 6.61 Å². The molecule has 0 atom stereocenters. The van der Waals surface area contributed by atoms with Crippen molar-refractivity contribution in [2.45, 2.75) is 19.7 Å². The van der Waals surface area contributed by atoms with Gasteiger partial charge in [0.25, 0.3) is 0 Å². The van der Waals surface area contributed by atoms with E-state index < -0.39 is 0 Å². The summed E-state index contributed by atoms with van der Waals surface area (Å²) in [4.78, 5) is 14.2. The van der Waals surface area contributed by atoms with Gasteiger partial charge in [0, 0.05) is 5.02 Å². The smallest absolute Gasteiger partial charge is 0.240 e. The molecule has 0 fully saturated rings.